The van der Waals surface area contributed by atoms with Crippen LogP contribution >= 0.6 is 15.9 Å². The summed E-state index contributed by atoms with van der Waals surface area (Å²) in [5.41, 5.74) is 1.21. The zero-order chi connectivity index (χ0) is 21.1. The molecule has 8 nitrogen and oxygen atoms in total. The van der Waals surface area contributed by atoms with E-state index in [1.54, 1.807) is 54.7 Å². The first-order valence-electron chi connectivity index (χ1n) is 8.89. The molecule has 2 aromatic heterocycles. The van der Waals surface area contributed by atoms with Gasteiger partial charge in [-0.2, -0.15) is 0 Å². The molecule has 0 bridgehead atoms. The Bertz CT molecular complexity index is 1290. The quantitative estimate of drug-likeness (QED) is 0.423. The van der Waals surface area contributed by atoms with E-state index in [4.69, 9.17) is 0 Å². The number of rotatable bonds is 6. The van der Waals surface area contributed by atoms with Gasteiger partial charge in [-0.25, -0.2) is 23.4 Å². The first-order chi connectivity index (χ1) is 14.4. The third-order valence-corrected chi connectivity index (χ3v) is 6.65. The minimum Gasteiger partial charge on any atom is -0.340 e. The highest BCUT2D eigenvalue weighted by Gasteiger charge is 2.17. The molecule has 30 heavy (non-hydrogen) atoms. The predicted octanol–water partition coefficient (Wildman–Crippen LogP) is 4.28. The third kappa shape index (κ3) is 4.34. The molecule has 0 aliphatic heterocycles. The molecular weight excluding hydrogens is 468 g/mol. The molecule has 0 saturated heterocycles. The zero-order valence-electron chi connectivity index (χ0n) is 15.8. The van der Waals surface area contributed by atoms with Gasteiger partial charge in [0.05, 0.1) is 0 Å². The van der Waals surface area contributed by atoms with Crippen molar-refractivity contribution in [3.63, 3.8) is 0 Å². The van der Waals surface area contributed by atoms with Crippen molar-refractivity contribution in [1.82, 2.24) is 19.5 Å². The van der Waals surface area contributed by atoms with Crippen LogP contribution in [0.3, 0.4) is 0 Å². The summed E-state index contributed by atoms with van der Waals surface area (Å²) in [4.78, 5) is 12.9. The average molecular weight is 485 g/mol. The maximum absolute atomic E-state index is 12.6. The largest absolute Gasteiger partial charge is 0.340 e. The summed E-state index contributed by atoms with van der Waals surface area (Å²) in [7, 11) is -3.70. The molecule has 152 valence electrons. The van der Waals surface area contributed by atoms with Gasteiger partial charge in [-0.1, -0.05) is 12.1 Å². The van der Waals surface area contributed by atoms with E-state index in [0.717, 1.165) is 11.5 Å². The molecule has 2 N–H and O–H groups in total. The van der Waals surface area contributed by atoms with E-state index in [0.29, 0.717) is 21.8 Å². The Labute approximate surface area is 182 Å². The summed E-state index contributed by atoms with van der Waals surface area (Å²) in [5, 5.41) is 3.19. The van der Waals surface area contributed by atoms with Gasteiger partial charge in [0.1, 0.15) is 28.7 Å². The van der Waals surface area contributed by atoms with Gasteiger partial charge in [-0.15, -0.1) is 0 Å². The van der Waals surface area contributed by atoms with Gasteiger partial charge in [-0.05, 0) is 59.3 Å². The third-order valence-electron chi connectivity index (χ3n) is 4.26. The fraction of sp³-hybridized carbons (Fsp3) is 0.0500. The molecule has 4 rings (SSSR count). The van der Waals surface area contributed by atoms with E-state index >= 15 is 0 Å². The maximum Gasteiger partial charge on any atom is 0.263 e. The summed E-state index contributed by atoms with van der Waals surface area (Å²) >= 11 is 3.27. The van der Waals surface area contributed by atoms with Crippen LogP contribution < -0.4 is 10.0 Å². The van der Waals surface area contributed by atoms with Crippen LogP contribution in [0, 0.1) is 6.92 Å². The second-order valence-corrected chi connectivity index (χ2v) is 8.85. The van der Waals surface area contributed by atoms with Gasteiger partial charge in [0.2, 0.25) is 0 Å². The highest BCUT2D eigenvalue weighted by Crippen LogP contribution is 2.25. The highest BCUT2D eigenvalue weighted by atomic mass is 79.9. The van der Waals surface area contributed by atoms with Crippen LogP contribution in [-0.4, -0.2) is 27.9 Å². The number of imidazole rings is 1. The van der Waals surface area contributed by atoms with E-state index in [1.807, 2.05) is 17.7 Å². The monoisotopic (exact) mass is 484 g/mol. The van der Waals surface area contributed by atoms with Gasteiger partial charge >= 0.3 is 0 Å². The lowest BCUT2D eigenvalue weighted by atomic mass is 10.3. The van der Waals surface area contributed by atoms with Crippen molar-refractivity contribution in [1.29, 1.82) is 0 Å². The second-order valence-electron chi connectivity index (χ2n) is 6.34. The SMILES string of the molecule is Cc1nccn1-c1cc(Nc2ccc(NS(=O)(=O)c3ccccc3Br)cc2)ncn1. The average Bonchev–Trinajstić information content (AvgIpc) is 3.16. The molecule has 2 aromatic carbocycles. The minimum atomic E-state index is -3.70. The fourth-order valence-electron chi connectivity index (χ4n) is 2.81. The molecule has 2 heterocycles. The normalized spacial score (nSPS) is 11.3. The first-order valence-corrected chi connectivity index (χ1v) is 11.2. The molecule has 0 saturated carbocycles. The van der Waals surface area contributed by atoms with Crippen LogP contribution in [0.1, 0.15) is 5.82 Å². The van der Waals surface area contributed by atoms with E-state index in [1.165, 1.54) is 12.4 Å². The Balaban J connectivity index is 1.50. The number of nitrogens with zero attached hydrogens (tertiary/aromatic N) is 4. The topological polar surface area (TPSA) is 102 Å². The number of aromatic nitrogens is 4. The summed E-state index contributed by atoms with van der Waals surface area (Å²) in [6, 6.07) is 15.4. The number of sulfonamides is 1. The van der Waals surface area contributed by atoms with Crippen molar-refractivity contribution < 1.29 is 8.42 Å². The Morgan fingerprint density at radius 1 is 0.967 bits per heavy atom. The Morgan fingerprint density at radius 3 is 2.40 bits per heavy atom. The number of hydrogen-bond acceptors (Lipinski definition) is 6. The summed E-state index contributed by atoms with van der Waals surface area (Å²) in [5.74, 6) is 2.12. The molecule has 0 unspecified atom stereocenters. The van der Waals surface area contributed by atoms with Crippen LogP contribution in [-0.2, 0) is 10.0 Å². The van der Waals surface area contributed by atoms with Gasteiger partial charge < -0.3 is 5.32 Å². The van der Waals surface area contributed by atoms with Crippen molar-refractivity contribution in [3.8, 4) is 5.82 Å². The Kier molecular flexibility index (Phi) is 5.51. The number of hydrogen-bond donors (Lipinski definition) is 2. The Hall–Kier alpha value is -3.24. The summed E-state index contributed by atoms with van der Waals surface area (Å²) in [6.07, 6.45) is 5.00. The minimum absolute atomic E-state index is 0.176. The van der Waals surface area contributed by atoms with Gasteiger partial charge in [0, 0.05) is 34.3 Å². The number of halogens is 1. The lowest BCUT2D eigenvalue weighted by Crippen LogP contribution is -2.13. The van der Waals surface area contributed by atoms with Crippen LogP contribution in [0.2, 0.25) is 0 Å². The molecule has 0 aliphatic carbocycles. The van der Waals surface area contributed by atoms with Crippen molar-refractivity contribution in [3.05, 3.63) is 83.6 Å². The molecule has 0 amide bonds. The summed E-state index contributed by atoms with van der Waals surface area (Å²) in [6.45, 7) is 1.89. The van der Waals surface area contributed by atoms with Gasteiger partial charge in [-0.3, -0.25) is 9.29 Å². The van der Waals surface area contributed by atoms with Crippen molar-refractivity contribution >= 4 is 43.1 Å². The Morgan fingerprint density at radius 2 is 1.70 bits per heavy atom. The zero-order valence-corrected chi connectivity index (χ0v) is 18.2. The highest BCUT2D eigenvalue weighted by molar-refractivity contribution is 9.10. The molecule has 0 fully saturated rings. The molecular formula is C20H17BrN6O2S. The fourth-order valence-corrected chi connectivity index (χ4v) is 4.87. The van der Waals surface area contributed by atoms with Crippen LogP contribution in [0.15, 0.2) is 82.7 Å². The van der Waals surface area contributed by atoms with Crippen molar-refractivity contribution in [2.75, 3.05) is 10.0 Å². The van der Waals surface area contributed by atoms with Crippen LogP contribution in [0.5, 0.6) is 0 Å². The van der Waals surface area contributed by atoms with E-state index in [9.17, 15) is 8.42 Å². The number of benzene rings is 2. The summed E-state index contributed by atoms with van der Waals surface area (Å²) < 4.78 is 30.1. The molecule has 0 aliphatic rings. The smallest absolute Gasteiger partial charge is 0.263 e. The van der Waals surface area contributed by atoms with Crippen molar-refractivity contribution in [2.45, 2.75) is 11.8 Å². The molecule has 0 spiro atoms. The molecule has 4 aromatic rings. The van der Waals surface area contributed by atoms with E-state index in [-0.39, 0.29) is 4.90 Å². The van der Waals surface area contributed by atoms with Crippen molar-refractivity contribution in [2.24, 2.45) is 0 Å². The van der Waals surface area contributed by atoms with Crippen LogP contribution in [0.25, 0.3) is 5.82 Å². The lowest BCUT2D eigenvalue weighted by molar-refractivity contribution is 0.601. The van der Waals surface area contributed by atoms with Crippen LogP contribution in [0.4, 0.5) is 17.2 Å². The molecule has 0 atom stereocenters. The number of aryl methyl sites for hydroxylation is 1. The van der Waals surface area contributed by atoms with E-state index < -0.39 is 10.0 Å². The van der Waals surface area contributed by atoms with E-state index in [2.05, 4.69) is 40.9 Å². The molecule has 0 radical (unpaired) electrons. The second kappa shape index (κ2) is 8.25. The maximum atomic E-state index is 12.6. The number of anilines is 3. The number of nitrogens with one attached hydrogen (secondary N) is 2. The standard InChI is InChI=1S/C20H17BrN6O2S/c1-14-22-10-11-27(14)20-12-19(23-13-24-20)25-15-6-8-16(9-7-15)26-30(28,29)18-5-3-2-4-17(18)21/h2-13,26H,1H3,(H,23,24,25). The first kappa shape index (κ1) is 20.0. The molecule has 10 heteroatoms. The van der Waals surface area contributed by atoms with Gasteiger partial charge in [0.25, 0.3) is 10.0 Å². The lowest BCUT2D eigenvalue weighted by Gasteiger charge is -2.11. The predicted molar refractivity (Wildman–Crippen MR) is 119 cm³/mol. The van der Waals surface area contributed by atoms with Gasteiger partial charge in [0.15, 0.2) is 0 Å².